The van der Waals surface area contributed by atoms with Crippen molar-refractivity contribution in [3.8, 4) is 0 Å². The molecule has 2 aliphatic heterocycles. The van der Waals surface area contributed by atoms with Gasteiger partial charge in [0.05, 0.1) is 0 Å². The van der Waals surface area contributed by atoms with Gasteiger partial charge in [-0.2, -0.15) is 0 Å². The van der Waals surface area contributed by atoms with Crippen molar-refractivity contribution in [1.29, 1.82) is 0 Å². The molecule has 166 valence electrons. The smallest absolute Gasteiger partial charge is 0.251 e. The fourth-order valence-corrected chi connectivity index (χ4v) is 4.90. The number of halogens is 2. The monoisotopic (exact) mass is 444 g/mol. The number of nitrogens with two attached hydrogens (primary N) is 1. The number of carbonyl (C=O) groups is 1. The van der Waals surface area contributed by atoms with Crippen LogP contribution in [-0.4, -0.2) is 5.91 Å². The molecule has 6 heteroatoms. The van der Waals surface area contributed by atoms with Gasteiger partial charge in [0.15, 0.2) is 0 Å². The number of rotatable bonds is 5. The molecule has 2 heterocycles. The first-order valence-electron chi connectivity index (χ1n) is 11.0. The van der Waals surface area contributed by atoms with Crippen molar-refractivity contribution < 1.29 is 18.3 Å². The van der Waals surface area contributed by atoms with E-state index in [1.807, 2.05) is 12.1 Å². The molecule has 0 unspecified atom stereocenters. The first kappa shape index (κ1) is 20.1. The van der Waals surface area contributed by atoms with Gasteiger partial charge in [-0.3, -0.25) is 4.79 Å². The van der Waals surface area contributed by atoms with E-state index in [1.54, 1.807) is 6.07 Å². The van der Waals surface area contributed by atoms with Crippen LogP contribution in [0.15, 0.2) is 55.1 Å². The largest absolute Gasteiger partial charge is 0.399 e. The molecule has 1 saturated carbocycles. The van der Waals surface area contributed by atoms with E-state index in [-0.39, 0.29) is 35.6 Å². The molecule has 3 N–H and O–H groups in total. The van der Waals surface area contributed by atoms with Gasteiger partial charge in [-0.1, -0.05) is 30.8 Å². The number of ether oxygens (including phenoxy) is 1. The molecule has 0 radical (unpaired) electrons. The van der Waals surface area contributed by atoms with Crippen molar-refractivity contribution in [2.75, 3.05) is 0 Å². The molecular formula is C27H22F2N2O2. The third-order valence-electron chi connectivity index (χ3n) is 6.85. The zero-order valence-electron chi connectivity index (χ0n) is 17.8. The molecule has 1 aliphatic carbocycles. The standard InChI is InChI=1S/C27H22F2N2O2/c1-13(30)17-10-23(28)22(24(29)11-17)12-31-27(32)16-5-7-19-21(9-16)26-20-8-15(14-2-3-14)4-6-18(20)25(19)33-26/h4-11,14,25-26H,1-3,12,30H2,(H,31,32)/t25-,26+/m0/s1. The van der Waals surface area contributed by atoms with Crippen molar-refractivity contribution in [2.24, 2.45) is 5.73 Å². The molecule has 3 aromatic carbocycles. The summed E-state index contributed by atoms with van der Waals surface area (Å²) in [5, 5.41) is 2.62. The lowest BCUT2D eigenvalue weighted by Gasteiger charge is -2.18. The minimum absolute atomic E-state index is 0.0730. The molecule has 0 spiro atoms. The van der Waals surface area contributed by atoms with Gasteiger partial charge in [-0.25, -0.2) is 8.78 Å². The lowest BCUT2D eigenvalue weighted by Crippen LogP contribution is -2.24. The topological polar surface area (TPSA) is 64.3 Å². The van der Waals surface area contributed by atoms with Gasteiger partial charge in [0.2, 0.25) is 0 Å². The molecule has 0 aromatic heterocycles. The minimum Gasteiger partial charge on any atom is -0.399 e. The van der Waals surface area contributed by atoms with E-state index in [1.165, 1.54) is 29.5 Å². The number of hydrogen-bond donors (Lipinski definition) is 2. The summed E-state index contributed by atoms with van der Waals surface area (Å²) < 4.78 is 34.9. The summed E-state index contributed by atoms with van der Waals surface area (Å²) in [4.78, 5) is 12.8. The van der Waals surface area contributed by atoms with Crippen molar-refractivity contribution in [3.63, 3.8) is 0 Å². The highest BCUT2D eigenvalue weighted by Gasteiger charge is 2.43. The molecule has 6 rings (SSSR count). The van der Waals surface area contributed by atoms with E-state index in [2.05, 4.69) is 30.1 Å². The molecule has 33 heavy (non-hydrogen) atoms. The van der Waals surface area contributed by atoms with Gasteiger partial charge in [0, 0.05) is 28.9 Å². The molecule has 1 fully saturated rings. The van der Waals surface area contributed by atoms with E-state index in [9.17, 15) is 13.6 Å². The van der Waals surface area contributed by atoms with Crippen LogP contribution in [0.25, 0.3) is 5.70 Å². The predicted molar refractivity (Wildman–Crippen MR) is 120 cm³/mol. The Bertz CT molecular complexity index is 1320. The molecule has 3 aromatic rings. The average molecular weight is 444 g/mol. The van der Waals surface area contributed by atoms with Gasteiger partial charge >= 0.3 is 0 Å². The summed E-state index contributed by atoms with van der Waals surface area (Å²) in [5.74, 6) is -1.30. The van der Waals surface area contributed by atoms with E-state index in [4.69, 9.17) is 10.5 Å². The average Bonchev–Trinajstić information content (AvgIpc) is 3.50. The van der Waals surface area contributed by atoms with Crippen molar-refractivity contribution in [2.45, 2.75) is 37.5 Å². The Labute approximate surface area is 190 Å². The van der Waals surface area contributed by atoms with E-state index < -0.39 is 17.5 Å². The van der Waals surface area contributed by atoms with E-state index in [0.29, 0.717) is 11.5 Å². The Hall–Kier alpha value is -3.51. The second-order valence-electron chi connectivity index (χ2n) is 9.03. The van der Waals surface area contributed by atoms with E-state index in [0.717, 1.165) is 23.3 Å². The van der Waals surface area contributed by atoms with Gasteiger partial charge in [-0.15, -0.1) is 0 Å². The molecule has 0 saturated heterocycles. The normalized spacial score (nSPS) is 19.8. The van der Waals surface area contributed by atoms with Crippen molar-refractivity contribution >= 4 is 11.6 Å². The Balaban J connectivity index is 1.23. The molecule has 2 atom stereocenters. The van der Waals surface area contributed by atoms with Crippen LogP contribution in [0.2, 0.25) is 0 Å². The Morgan fingerprint density at radius 3 is 2.24 bits per heavy atom. The Kier molecular flexibility index (Phi) is 4.42. The summed E-state index contributed by atoms with van der Waals surface area (Å²) in [6.07, 6.45) is 2.18. The lowest BCUT2D eigenvalue weighted by molar-refractivity contribution is 0.0857. The predicted octanol–water partition coefficient (Wildman–Crippen LogP) is 5.22. The minimum atomic E-state index is -0.778. The van der Waals surface area contributed by atoms with Gasteiger partial charge in [-0.05, 0) is 70.8 Å². The molecule has 1 amide bonds. The third-order valence-corrected chi connectivity index (χ3v) is 6.85. The Morgan fingerprint density at radius 2 is 1.58 bits per heavy atom. The highest BCUT2D eigenvalue weighted by atomic mass is 19.1. The summed E-state index contributed by atoms with van der Waals surface area (Å²) in [5.41, 5.74) is 11.8. The summed E-state index contributed by atoms with van der Waals surface area (Å²) in [7, 11) is 0. The van der Waals surface area contributed by atoms with Crippen LogP contribution in [0, 0.1) is 11.6 Å². The first-order valence-corrected chi connectivity index (χ1v) is 11.0. The van der Waals surface area contributed by atoms with Crippen LogP contribution >= 0.6 is 0 Å². The second-order valence-corrected chi connectivity index (χ2v) is 9.03. The van der Waals surface area contributed by atoms with Crippen LogP contribution < -0.4 is 11.1 Å². The maximum atomic E-state index is 14.3. The Morgan fingerprint density at radius 1 is 0.939 bits per heavy atom. The zero-order valence-corrected chi connectivity index (χ0v) is 17.8. The number of fused-ring (bicyclic) bond motifs is 8. The maximum Gasteiger partial charge on any atom is 0.251 e. The summed E-state index contributed by atoms with van der Waals surface area (Å²) >= 11 is 0. The summed E-state index contributed by atoms with van der Waals surface area (Å²) in [6.45, 7) is 3.21. The maximum absolute atomic E-state index is 14.3. The van der Waals surface area contributed by atoms with Crippen LogP contribution in [0.3, 0.4) is 0 Å². The number of amides is 1. The van der Waals surface area contributed by atoms with Crippen LogP contribution in [-0.2, 0) is 11.3 Å². The summed E-state index contributed by atoms with van der Waals surface area (Å²) in [6, 6.07) is 14.3. The quantitative estimate of drug-likeness (QED) is 0.567. The zero-order chi connectivity index (χ0) is 22.9. The van der Waals surface area contributed by atoms with Crippen molar-refractivity contribution in [3.05, 3.63) is 111 Å². The molecule has 4 nitrogen and oxygen atoms in total. The van der Waals surface area contributed by atoms with Crippen molar-refractivity contribution in [1.82, 2.24) is 5.32 Å². The fourth-order valence-electron chi connectivity index (χ4n) is 4.90. The number of hydrogen-bond acceptors (Lipinski definition) is 3. The molecule has 2 bridgehead atoms. The lowest BCUT2D eigenvalue weighted by atomic mass is 9.84. The van der Waals surface area contributed by atoms with Gasteiger partial charge < -0.3 is 15.8 Å². The highest BCUT2D eigenvalue weighted by Crippen LogP contribution is 2.55. The van der Waals surface area contributed by atoms with Gasteiger partial charge in [0.25, 0.3) is 5.91 Å². The highest BCUT2D eigenvalue weighted by molar-refractivity contribution is 5.94. The first-order chi connectivity index (χ1) is 15.9. The van der Waals surface area contributed by atoms with Crippen LogP contribution in [0.4, 0.5) is 8.78 Å². The molecule has 3 aliphatic rings. The number of benzene rings is 3. The third kappa shape index (κ3) is 3.25. The van der Waals surface area contributed by atoms with Crippen LogP contribution in [0.1, 0.15) is 80.3 Å². The fraction of sp³-hybridized carbons (Fsp3) is 0.222. The SMILES string of the molecule is C=C(N)c1cc(F)c(CNC(=O)c2ccc3c(c2)[C@@H]2O[C@H]3c3ccc(C4CC4)cc32)c(F)c1. The van der Waals surface area contributed by atoms with E-state index >= 15 is 0 Å². The second kappa shape index (κ2) is 7.25. The molecular weight excluding hydrogens is 422 g/mol. The van der Waals surface area contributed by atoms with Crippen LogP contribution in [0.5, 0.6) is 0 Å². The number of carbonyl (C=O) groups excluding carboxylic acids is 1. The number of nitrogens with one attached hydrogen (secondary N) is 1. The van der Waals surface area contributed by atoms with Gasteiger partial charge in [0.1, 0.15) is 23.8 Å².